The number of benzene rings is 2. The molecule has 0 saturated carbocycles. The molecule has 1 amide bonds. The number of amides is 1. The molecule has 2 N–H and O–H groups in total. The SMILES string of the molecule is CSc1ccc(NC(=O)CC(C(=O)O)c2ccccc2)cc1. The lowest BCUT2D eigenvalue weighted by Crippen LogP contribution is -2.20. The van der Waals surface area contributed by atoms with E-state index in [0.717, 1.165) is 4.90 Å². The van der Waals surface area contributed by atoms with Gasteiger partial charge in [-0.2, -0.15) is 0 Å². The minimum absolute atomic E-state index is 0.0936. The van der Waals surface area contributed by atoms with Crippen molar-refractivity contribution in [3.63, 3.8) is 0 Å². The van der Waals surface area contributed by atoms with Gasteiger partial charge in [0.1, 0.15) is 0 Å². The Morgan fingerprint density at radius 1 is 1.09 bits per heavy atom. The van der Waals surface area contributed by atoms with Crippen molar-refractivity contribution in [3.05, 3.63) is 60.2 Å². The first-order chi connectivity index (χ1) is 10.6. The molecule has 5 heteroatoms. The summed E-state index contributed by atoms with van der Waals surface area (Å²) in [7, 11) is 0. The number of rotatable bonds is 6. The third-order valence-corrected chi connectivity index (χ3v) is 4.01. The van der Waals surface area contributed by atoms with E-state index in [4.69, 9.17) is 0 Å². The van der Waals surface area contributed by atoms with Crippen LogP contribution in [-0.2, 0) is 9.59 Å². The Morgan fingerprint density at radius 3 is 2.27 bits per heavy atom. The molecule has 4 nitrogen and oxygen atoms in total. The molecule has 0 fully saturated rings. The zero-order valence-corrected chi connectivity index (χ0v) is 13.0. The Balaban J connectivity index is 2.03. The normalized spacial score (nSPS) is 11.7. The smallest absolute Gasteiger partial charge is 0.311 e. The summed E-state index contributed by atoms with van der Waals surface area (Å²) in [6.45, 7) is 0. The molecule has 0 spiro atoms. The van der Waals surface area contributed by atoms with Gasteiger partial charge < -0.3 is 10.4 Å². The lowest BCUT2D eigenvalue weighted by molar-refractivity contribution is -0.140. The van der Waals surface area contributed by atoms with Gasteiger partial charge in [-0.1, -0.05) is 30.3 Å². The van der Waals surface area contributed by atoms with Crippen molar-refractivity contribution >= 4 is 29.3 Å². The minimum Gasteiger partial charge on any atom is -0.481 e. The van der Waals surface area contributed by atoms with Gasteiger partial charge in [0.15, 0.2) is 0 Å². The van der Waals surface area contributed by atoms with E-state index in [9.17, 15) is 14.7 Å². The van der Waals surface area contributed by atoms with Crippen molar-refractivity contribution < 1.29 is 14.7 Å². The van der Waals surface area contributed by atoms with E-state index >= 15 is 0 Å². The monoisotopic (exact) mass is 315 g/mol. The zero-order valence-electron chi connectivity index (χ0n) is 12.2. The van der Waals surface area contributed by atoms with Gasteiger partial charge in [-0.3, -0.25) is 9.59 Å². The van der Waals surface area contributed by atoms with Crippen LogP contribution in [0.15, 0.2) is 59.5 Å². The van der Waals surface area contributed by atoms with Crippen LogP contribution in [0.5, 0.6) is 0 Å². The molecule has 0 radical (unpaired) electrons. The predicted octanol–water partition coefficient (Wildman–Crippen LogP) is 3.61. The molecule has 0 aliphatic carbocycles. The average Bonchev–Trinajstić information content (AvgIpc) is 2.54. The molecule has 0 bridgehead atoms. The Bertz CT molecular complexity index is 641. The molecular formula is C17H17NO3S. The summed E-state index contributed by atoms with van der Waals surface area (Å²) in [5.41, 5.74) is 1.29. The third-order valence-electron chi connectivity index (χ3n) is 3.26. The molecule has 2 aromatic rings. The Hall–Kier alpha value is -2.27. The molecule has 0 aliphatic rings. The largest absolute Gasteiger partial charge is 0.481 e. The van der Waals surface area contributed by atoms with Crippen LogP contribution >= 0.6 is 11.8 Å². The number of carboxylic acid groups (broad SMARTS) is 1. The van der Waals surface area contributed by atoms with Gasteiger partial charge in [-0.25, -0.2) is 0 Å². The molecule has 1 atom stereocenters. The van der Waals surface area contributed by atoms with E-state index in [2.05, 4.69) is 5.32 Å². The first-order valence-electron chi connectivity index (χ1n) is 6.82. The second kappa shape index (κ2) is 7.66. The number of carboxylic acids is 1. The first-order valence-corrected chi connectivity index (χ1v) is 8.04. The van der Waals surface area contributed by atoms with Crippen LogP contribution in [-0.4, -0.2) is 23.2 Å². The highest BCUT2D eigenvalue weighted by atomic mass is 32.2. The number of hydrogen-bond acceptors (Lipinski definition) is 3. The molecule has 2 aromatic carbocycles. The predicted molar refractivity (Wildman–Crippen MR) is 88.3 cm³/mol. The van der Waals surface area contributed by atoms with Crippen molar-refractivity contribution in [2.24, 2.45) is 0 Å². The van der Waals surface area contributed by atoms with Gasteiger partial charge in [0, 0.05) is 17.0 Å². The zero-order chi connectivity index (χ0) is 15.9. The fourth-order valence-electron chi connectivity index (χ4n) is 2.10. The second-order valence-electron chi connectivity index (χ2n) is 4.78. The van der Waals surface area contributed by atoms with Crippen LogP contribution < -0.4 is 5.32 Å². The average molecular weight is 315 g/mol. The third kappa shape index (κ3) is 4.36. The molecule has 0 saturated heterocycles. The summed E-state index contributed by atoms with van der Waals surface area (Å²) in [6.07, 6.45) is 1.88. The molecule has 0 aliphatic heterocycles. The van der Waals surface area contributed by atoms with Gasteiger partial charge in [0.2, 0.25) is 5.91 Å². The number of nitrogens with one attached hydrogen (secondary N) is 1. The lowest BCUT2D eigenvalue weighted by atomic mass is 9.95. The van der Waals surface area contributed by atoms with Crippen molar-refractivity contribution in [3.8, 4) is 0 Å². The molecule has 0 aromatic heterocycles. The van der Waals surface area contributed by atoms with E-state index in [-0.39, 0.29) is 12.3 Å². The highest BCUT2D eigenvalue weighted by molar-refractivity contribution is 7.98. The van der Waals surface area contributed by atoms with Crippen molar-refractivity contribution in [1.29, 1.82) is 0 Å². The van der Waals surface area contributed by atoms with Gasteiger partial charge in [-0.15, -0.1) is 11.8 Å². The highest BCUT2D eigenvalue weighted by Gasteiger charge is 2.23. The van der Waals surface area contributed by atoms with E-state index in [1.165, 1.54) is 0 Å². The van der Waals surface area contributed by atoms with Crippen LogP contribution in [0.2, 0.25) is 0 Å². The van der Waals surface area contributed by atoms with Gasteiger partial charge in [0.25, 0.3) is 0 Å². The van der Waals surface area contributed by atoms with E-state index < -0.39 is 11.9 Å². The Labute approximate surface area is 133 Å². The number of hydrogen-bond donors (Lipinski definition) is 2. The van der Waals surface area contributed by atoms with Crippen molar-refractivity contribution in [2.45, 2.75) is 17.2 Å². The van der Waals surface area contributed by atoms with Crippen LogP contribution in [0.3, 0.4) is 0 Å². The van der Waals surface area contributed by atoms with Crippen LogP contribution in [0, 0.1) is 0 Å². The maximum absolute atomic E-state index is 12.1. The molecule has 2 rings (SSSR count). The summed E-state index contributed by atoms with van der Waals surface area (Å²) in [4.78, 5) is 24.6. The molecular weight excluding hydrogens is 298 g/mol. The quantitative estimate of drug-likeness (QED) is 0.799. The number of carbonyl (C=O) groups excluding carboxylic acids is 1. The Morgan fingerprint density at radius 2 is 1.73 bits per heavy atom. The van der Waals surface area contributed by atoms with Gasteiger partial charge in [0.05, 0.1) is 5.92 Å². The maximum atomic E-state index is 12.1. The van der Waals surface area contributed by atoms with Crippen LogP contribution in [0.4, 0.5) is 5.69 Å². The minimum atomic E-state index is -1.00. The summed E-state index contributed by atoms with van der Waals surface area (Å²) in [6, 6.07) is 16.2. The van der Waals surface area contributed by atoms with Crippen molar-refractivity contribution in [2.75, 3.05) is 11.6 Å². The van der Waals surface area contributed by atoms with Gasteiger partial charge in [-0.05, 0) is 36.1 Å². The standard InChI is InChI=1S/C17H17NO3S/c1-22-14-9-7-13(8-10-14)18-16(19)11-15(17(20)21)12-5-3-2-4-6-12/h2-10,15H,11H2,1H3,(H,18,19)(H,20,21). The maximum Gasteiger partial charge on any atom is 0.311 e. The van der Waals surface area contributed by atoms with Gasteiger partial charge >= 0.3 is 5.97 Å². The second-order valence-corrected chi connectivity index (χ2v) is 5.66. The Kier molecular flexibility index (Phi) is 5.61. The number of aliphatic carboxylic acids is 1. The summed E-state index contributed by atoms with van der Waals surface area (Å²) in [5.74, 6) is -2.15. The fraction of sp³-hybridized carbons (Fsp3) is 0.176. The highest BCUT2D eigenvalue weighted by Crippen LogP contribution is 2.22. The fourth-order valence-corrected chi connectivity index (χ4v) is 2.51. The summed E-state index contributed by atoms with van der Waals surface area (Å²) < 4.78 is 0. The van der Waals surface area contributed by atoms with Crippen LogP contribution in [0.1, 0.15) is 17.9 Å². The lowest BCUT2D eigenvalue weighted by Gasteiger charge is -2.13. The number of thioether (sulfide) groups is 1. The topological polar surface area (TPSA) is 66.4 Å². The molecule has 22 heavy (non-hydrogen) atoms. The van der Waals surface area contributed by atoms with E-state index in [1.54, 1.807) is 36.0 Å². The van der Waals surface area contributed by atoms with Crippen LogP contribution in [0.25, 0.3) is 0 Å². The first kappa shape index (κ1) is 16.1. The van der Waals surface area contributed by atoms with E-state index in [0.29, 0.717) is 11.3 Å². The molecule has 0 heterocycles. The molecule has 1 unspecified atom stereocenters. The number of anilines is 1. The van der Waals surface area contributed by atoms with E-state index in [1.807, 2.05) is 36.6 Å². The van der Waals surface area contributed by atoms with Crippen molar-refractivity contribution in [1.82, 2.24) is 0 Å². The summed E-state index contributed by atoms with van der Waals surface area (Å²) >= 11 is 1.62. The molecule has 114 valence electrons. The number of carbonyl (C=O) groups is 2. The summed E-state index contributed by atoms with van der Waals surface area (Å²) in [5, 5.41) is 12.1.